The van der Waals surface area contributed by atoms with Crippen molar-refractivity contribution in [1.82, 2.24) is 5.32 Å². The van der Waals surface area contributed by atoms with Crippen molar-refractivity contribution in [2.75, 3.05) is 6.54 Å². The molecule has 2 aromatic rings. The molecule has 134 valence electrons. The van der Waals surface area contributed by atoms with Gasteiger partial charge in [0.05, 0.1) is 0 Å². The lowest BCUT2D eigenvalue weighted by Crippen LogP contribution is -2.24. The number of benzene rings is 2. The molecule has 0 heterocycles. The second-order valence-corrected chi connectivity index (χ2v) is 6.55. The Labute approximate surface area is 155 Å². The standard InChI is InChI=1S/C21H26ClNO2/c1-2-3-4-10-21(24)23-15-6-8-17-7-5-9-20(16-17)25-19-13-11-18(22)12-14-19/h5,7,9,11-14,16H,2-4,6,8,10,15H2,1H3,(H,23,24). The summed E-state index contributed by atoms with van der Waals surface area (Å²) in [4.78, 5) is 11.7. The zero-order valence-electron chi connectivity index (χ0n) is 14.8. The zero-order valence-corrected chi connectivity index (χ0v) is 15.5. The van der Waals surface area contributed by atoms with Crippen LogP contribution in [0.25, 0.3) is 0 Å². The summed E-state index contributed by atoms with van der Waals surface area (Å²) in [6.07, 6.45) is 5.71. The second-order valence-electron chi connectivity index (χ2n) is 6.11. The molecule has 0 saturated carbocycles. The number of hydrogen-bond donors (Lipinski definition) is 1. The van der Waals surface area contributed by atoms with Gasteiger partial charge < -0.3 is 10.1 Å². The average Bonchev–Trinajstić information content (AvgIpc) is 2.61. The number of carbonyl (C=O) groups excluding carboxylic acids is 1. The molecule has 0 aromatic heterocycles. The van der Waals surface area contributed by atoms with Crippen LogP contribution < -0.4 is 10.1 Å². The molecule has 0 bridgehead atoms. The van der Waals surface area contributed by atoms with E-state index in [9.17, 15) is 4.79 Å². The summed E-state index contributed by atoms with van der Waals surface area (Å²) in [7, 11) is 0. The molecule has 2 aromatic carbocycles. The van der Waals surface area contributed by atoms with Crippen molar-refractivity contribution in [2.24, 2.45) is 0 Å². The van der Waals surface area contributed by atoms with Crippen molar-refractivity contribution >= 4 is 17.5 Å². The molecule has 4 heteroatoms. The Morgan fingerprint density at radius 2 is 1.84 bits per heavy atom. The van der Waals surface area contributed by atoms with Gasteiger partial charge in [-0.15, -0.1) is 0 Å². The third kappa shape index (κ3) is 7.61. The van der Waals surface area contributed by atoms with Crippen LogP contribution in [0.3, 0.4) is 0 Å². The van der Waals surface area contributed by atoms with Gasteiger partial charge in [-0.2, -0.15) is 0 Å². The second kappa shape index (κ2) is 10.8. The Balaban J connectivity index is 1.74. The highest BCUT2D eigenvalue weighted by atomic mass is 35.5. The van der Waals surface area contributed by atoms with Crippen LogP contribution in [-0.4, -0.2) is 12.5 Å². The summed E-state index contributed by atoms with van der Waals surface area (Å²) in [6.45, 7) is 2.86. The van der Waals surface area contributed by atoms with Crippen LogP contribution in [-0.2, 0) is 11.2 Å². The highest BCUT2D eigenvalue weighted by Crippen LogP contribution is 2.24. The molecule has 2 rings (SSSR count). The average molecular weight is 360 g/mol. The Morgan fingerprint density at radius 1 is 1.04 bits per heavy atom. The van der Waals surface area contributed by atoms with Gasteiger partial charge in [0.2, 0.25) is 5.91 Å². The number of aryl methyl sites for hydroxylation is 1. The fourth-order valence-corrected chi connectivity index (χ4v) is 2.67. The van der Waals surface area contributed by atoms with Gasteiger partial charge in [-0.1, -0.05) is 43.5 Å². The molecule has 1 N–H and O–H groups in total. The third-order valence-corrected chi connectivity index (χ3v) is 4.17. The van der Waals surface area contributed by atoms with E-state index in [4.69, 9.17) is 16.3 Å². The lowest BCUT2D eigenvalue weighted by atomic mass is 10.1. The lowest BCUT2D eigenvalue weighted by Gasteiger charge is -2.08. The Kier molecular flexibility index (Phi) is 8.33. The van der Waals surface area contributed by atoms with E-state index in [-0.39, 0.29) is 5.91 Å². The first-order chi connectivity index (χ1) is 12.2. The highest BCUT2D eigenvalue weighted by molar-refractivity contribution is 6.30. The predicted molar refractivity (Wildman–Crippen MR) is 103 cm³/mol. The summed E-state index contributed by atoms with van der Waals surface area (Å²) in [6, 6.07) is 15.4. The fraction of sp³-hybridized carbons (Fsp3) is 0.381. The van der Waals surface area contributed by atoms with E-state index in [0.29, 0.717) is 18.0 Å². The van der Waals surface area contributed by atoms with Crippen LogP contribution >= 0.6 is 11.6 Å². The van der Waals surface area contributed by atoms with Gasteiger partial charge in [0.1, 0.15) is 11.5 Å². The summed E-state index contributed by atoms with van der Waals surface area (Å²) in [5.74, 6) is 1.73. The van der Waals surface area contributed by atoms with Crippen molar-refractivity contribution in [3.63, 3.8) is 0 Å². The van der Waals surface area contributed by atoms with Crippen LogP contribution in [0.2, 0.25) is 5.02 Å². The third-order valence-electron chi connectivity index (χ3n) is 3.92. The van der Waals surface area contributed by atoms with Crippen LogP contribution in [0.5, 0.6) is 11.5 Å². The quantitative estimate of drug-likeness (QED) is 0.547. The topological polar surface area (TPSA) is 38.3 Å². The zero-order chi connectivity index (χ0) is 17.9. The van der Waals surface area contributed by atoms with Gasteiger partial charge in [0.25, 0.3) is 0 Å². The van der Waals surface area contributed by atoms with Gasteiger partial charge in [-0.05, 0) is 61.2 Å². The first kappa shape index (κ1) is 19.3. The molecule has 25 heavy (non-hydrogen) atoms. The monoisotopic (exact) mass is 359 g/mol. The minimum Gasteiger partial charge on any atom is -0.457 e. The summed E-state index contributed by atoms with van der Waals surface area (Å²) in [5.41, 5.74) is 1.20. The SMILES string of the molecule is CCCCCC(=O)NCCCc1cccc(Oc2ccc(Cl)cc2)c1. The van der Waals surface area contributed by atoms with E-state index < -0.39 is 0 Å². The first-order valence-electron chi connectivity index (χ1n) is 8.96. The number of ether oxygens (including phenoxy) is 1. The van der Waals surface area contributed by atoms with Crippen LogP contribution in [0, 0.1) is 0 Å². The molecular weight excluding hydrogens is 334 g/mol. The number of hydrogen-bond acceptors (Lipinski definition) is 2. The van der Waals surface area contributed by atoms with Gasteiger partial charge in [0, 0.05) is 18.0 Å². The van der Waals surface area contributed by atoms with E-state index in [1.165, 1.54) is 5.56 Å². The lowest BCUT2D eigenvalue weighted by molar-refractivity contribution is -0.121. The van der Waals surface area contributed by atoms with Crippen LogP contribution in [0.4, 0.5) is 0 Å². The van der Waals surface area contributed by atoms with Gasteiger partial charge >= 0.3 is 0 Å². The number of nitrogens with one attached hydrogen (secondary N) is 1. The molecule has 0 atom stereocenters. The van der Waals surface area contributed by atoms with Crippen LogP contribution in [0.15, 0.2) is 48.5 Å². The van der Waals surface area contributed by atoms with Gasteiger partial charge in [-0.25, -0.2) is 0 Å². The number of halogens is 1. The van der Waals surface area contributed by atoms with E-state index in [1.807, 2.05) is 42.5 Å². The van der Waals surface area contributed by atoms with E-state index in [2.05, 4.69) is 18.3 Å². The van der Waals surface area contributed by atoms with Gasteiger partial charge in [-0.3, -0.25) is 4.79 Å². The Morgan fingerprint density at radius 3 is 2.60 bits per heavy atom. The Bertz CT molecular complexity index is 655. The van der Waals surface area contributed by atoms with Crippen molar-refractivity contribution in [2.45, 2.75) is 45.4 Å². The molecule has 0 radical (unpaired) electrons. The molecule has 0 spiro atoms. The predicted octanol–water partition coefficient (Wildman–Crippen LogP) is 5.76. The minimum absolute atomic E-state index is 0.160. The van der Waals surface area contributed by atoms with Crippen molar-refractivity contribution in [3.8, 4) is 11.5 Å². The van der Waals surface area contributed by atoms with Crippen LogP contribution in [0.1, 0.15) is 44.6 Å². The molecule has 1 amide bonds. The molecule has 0 saturated heterocycles. The maximum atomic E-state index is 11.7. The molecule has 0 unspecified atom stereocenters. The van der Waals surface area contributed by atoms with E-state index in [1.54, 1.807) is 0 Å². The molecule has 0 aliphatic carbocycles. The first-order valence-corrected chi connectivity index (χ1v) is 9.34. The molecule has 0 aliphatic heterocycles. The highest BCUT2D eigenvalue weighted by Gasteiger charge is 2.02. The Hall–Kier alpha value is -2.00. The molecular formula is C21H26ClNO2. The maximum absolute atomic E-state index is 11.7. The van der Waals surface area contributed by atoms with Crippen molar-refractivity contribution in [1.29, 1.82) is 0 Å². The molecule has 0 fully saturated rings. The largest absolute Gasteiger partial charge is 0.457 e. The normalized spacial score (nSPS) is 10.5. The summed E-state index contributed by atoms with van der Waals surface area (Å²) in [5, 5.41) is 3.68. The van der Waals surface area contributed by atoms with E-state index in [0.717, 1.165) is 43.6 Å². The summed E-state index contributed by atoms with van der Waals surface area (Å²) < 4.78 is 5.85. The van der Waals surface area contributed by atoms with Crippen molar-refractivity contribution < 1.29 is 9.53 Å². The van der Waals surface area contributed by atoms with E-state index >= 15 is 0 Å². The smallest absolute Gasteiger partial charge is 0.219 e. The number of unbranched alkanes of at least 4 members (excludes halogenated alkanes) is 2. The maximum Gasteiger partial charge on any atom is 0.219 e. The van der Waals surface area contributed by atoms with Crippen molar-refractivity contribution in [3.05, 3.63) is 59.1 Å². The number of carbonyl (C=O) groups is 1. The molecule has 0 aliphatic rings. The van der Waals surface area contributed by atoms with Gasteiger partial charge in [0.15, 0.2) is 0 Å². The molecule has 3 nitrogen and oxygen atoms in total. The summed E-state index contributed by atoms with van der Waals surface area (Å²) >= 11 is 5.88. The number of amides is 1. The minimum atomic E-state index is 0.160. The number of rotatable bonds is 10. The fourth-order valence-electron chi connectivity index (χ4n) is 2.55.